The fourth-order valence-electron chi connectivity index (χ4n) is 1.46. The molecule has 0 aromatic heterocycles. The molecule has 0 aliphatic carbocycles. The van der Waals surface area contributed by atoms with Gasteiger partial charge in [-0.2, -0.15) is 0 Å². The van der Waals surface area contributed by atoms with Gasteiger partial charge in [0.05, 0.1) is 17.9 Å². The van der Waals surface area contributed by atoms with Crippen LogP contribution in [0.3, 0.4) is 0 Å². The third-order valence-electron chi connectivity index (χ3n) is 2.48. The van der Waals surface area contributed by atoms with E-state index < -0.39 is 23.1 Å². The van der Waals surface area contributed by atoms with Gasteiger partial charge in [0.1, 0.15) is 5.82 Å². The average Bonchev–Trinajstić information content (AvgIpc) is 2.37. The highest BCUT2D eigenvalue weighted by molar-refractivity contribution is 5.95. The van der Waals surface area contributed by atoms with E-state index in [1.165, 1.54) is 0 Å². The average molecular weight is 272 g/mol. The van der Waals surface area contributed by atoms with Crippen molar-refractivity contribution in [2.75, 3.05) is 25.5 Å². The number of nitrogens with two attached hydrogens (primary N) is 1. The third kappa shape index (κ3) is 4.82. The van der Waals surface area contributed by atoms with Gasteiger partial charge < -0.3 is 15.8 Å². The molecule has 4 nitrogen and oxygen atoms in total. The van der Waals surface area contributed by atoms with E-state index in [9.17, 15) is 13.6 Å². The summed E-state index contributed by atoms with van der Waals surface area (Å²) in [6, 6.07) is 1.65. The van der Waals surface area contributed by atoms with Crippen molar-refractivity contribution in [2.45, 2.75) is 19.8 Å². The molecule has 0 saturated carbocycles. The van der Waals surface area contributed by atoms with E-state index in [-0.39, 0.29) is 12.2 Å². The lowest BCUT2D eigenvalue weighted by Crippen LogP contribution is -2.28. The first-order valence-electron chi connectivity index (χ1n) is 6.16. The number of carbonyl (C=O) groups excluding carboxylic acids is 1. The Kier molecular flexibility index (Phi) is 6.21. The minimum Gasteiger partial charge on any atom is -0.396 e. The zero-order chi connectivity index (χ0) is 14.3. The molecule has 0 heterocycles. The Bertz CT molecular complexity index is 439. The maximum Gasteiger partial charge on any atom is 0.254 e. The molecule has 0 fully saturated rings. The number of unbranched alkanes of at least 4 members (excludes halogenated alkanes) is 1. The molecule has 0 spiro atoms. The lowest BCUT2D eigenvalue weighted by molar-refractivity contribution is 0.0908. The molecule has 3 N–H and O–H groups in total. The summed E-state index contributed by atoms with van der Waals surface area (Å²) >= 11 is 0. The number of benzene rings is 1. The monoisotopic (exact) mass is 272 g/mol. The highest BCUT2D eigenvalue weighted by Crippen LogP contribution is 2.17. The van der Waals surface area contributed by atoms with Gasteiger partial charge in [-0.3, -0.25) is 4.79 Å². The van der Waals surface area contributed by atoms with Crippen LogP contribution in [0.25, 0.3) is 0 Å². The fraction of sp³-hybridized carbons (Fsp3) is 0.462. The summed E-state index contributed by atoms with van der Waals surface area (Å²) in [5.74, 6) is -2.36. The summed E-state index contributed by atoms with van der Waals surface area (Å²) in [4.78, 5) is 11.6. The molecule has 0 bridgehead atoms. The number of halogens is 2. The smallest absolute Gasteiger partial charge is 0.254 e. The zero-order valence-corrected chi connectivity index (χ0v) is 10.8. The molecule has 0 aliphatic rings. The number of carbonyl (C=O) groups is 1. The third-order valence-corrected chi connectivity index (χ3v) is 2.48. The summed E-state index contributed by atoms with van der Waals surface area (Å²) < 4.78 is 31.8. The van der Waals surface area contributed by atoms with Gasteiger partial charge in [0, 0.05) is 13.2 Å². The quantitative estimate of drug-likeness (QED) is 0.590. The molecule has 0 radical (unpaired) electrons. The number of amides is 1. The van der Waals surface area contributed by atoms with E-state index in [2.05, 4.69) is 5.32 Å². The van der Waals surface area contributed by atoms with Crippen LogP contribution in [-0.2, 0) is 4.74 Å². The molecular formula is C13H18F2N2O2. The standard InChI is InChI=1S/C13H18F2N2O2/c1-2-3-5-19-6-4-17-13(18)10-7-9(14)8-11(16)12(10)15/h7-8H,2-6,16H2,1H3,(H,17,18). The molecule has 1 aromatic rings. The molecule has 19 heavy (non-hydrogen) atoms. The Morgan fingerprint density at radius 3 is 2.79 bits per heavy atom. The number of nitrogen functional groups attached to an aromatic ring is 1. The first kappa shape index (κ1) is 15.4. The van der Waals surface area contributed by atoms with E-state index in [0.29, 0.717) is 13.2 Å². The molecule has 0 saturated heterocycles. The number of ether oxygens (including phenoxy) is 1. The summed E-state index contributed by atoms with van der Waals surface area (Å²) in [6.45, 7) is 3.23. The second-order valence-corrected chi connectivity index (χ2v) is 4.08. The van der Waals surface area contributed by atoms with Gasteiger partial charge in [-0.15, -0.1) is 0 Å². The molecule has 1 aromatic carbocycles. The predicted octanol–water partition coefficient (Wildman–Crippen LogP) is 2.09. The molecule has 0 atom stereocenters. The Morgan fingerprint density at radius 1 is 1.37 bits per heavy atom. The van der Waals surface area contributed by atoms with E-state index in [4.69, 9.17) is 10.5 Å². The molecule has 1 rings (SSSR count). The Balaban J connectivity index is 2.46. The minimum absolute atomic E-state index is 0.235. The van der Waals surface area contributed by atoms with Crippen molar-refractivity contribution >= 4 is 11.6 Å². The Labute approximate surface area is 110 Å². The van der Waals surface area contributed by atoms with Crippen LogP contribution in [-0.4, -0.2) is 25.7 Å². The summed E-state index contributed by atoms with van der Waals surface area (Å²) in [7, 11) is 0. The van der Waals surface area contributed by atoms with Crippen LogP contribution >= 0.6 is 0 Å². The fourth-order valence-corrected chi connectivity index (χ4v) is 1.46. The lowest BCUT2D eigenvalue weighted by Gasteiger charge is -2.08. The lowest BCUT2D eigenvalue weighted by atomic mass is 10.1. The zero-order valence-electron chi connectivity index (χ0n) is 10.8. The highest BCUT2D eigenvalue weighted by Gasteiger charge is 2.15. The number of rotatable bonds is 7. The van der Waals surface area contributed by atoms with Crippen LogP contribution in [0.2, 0.25) is 0 Å². The van der Waals surface area contributed by atoms with Gasteiger partial charge in [0.25, 0.3) is 5.91 Å². The predicted molar refractivity (Wildman–Crippen MR) is 68.8 cm³/mol. The maximum atomic E-state index is 13.5. The summed E-state index contributed by atoms with van der Waals surface area (Å²) in [6.07, 6.45) is 1.98. The largest absolute Gasteiger partial charge is 0.396 e. The van der Waals surface area contributed by atoms with Gasteiger partial charge in [0.2, 0.25) is 0 Å². The number of anilines is 1. The minimum atomic E-state index is -0.911. The molecule has 0 unspecified atom stereocenters. The Morgan fingerprint density at radius 2 is 2.11 bits per heavy atom. The van der Waals surface area contributed by atoms with Crippen molar-refractivity contribution in [3.8, 4) is 0 Å². The van der Waals surface area contributed by atoms with E-state index >= 15 is 0 Å². The van der Waals surface area contributed by atoms with Gasteiger partial charge in [0.15, 0.2) is 5.82 Å². The van der Waals surface area contributed by atoms with Gasteiger partial charge in [-0.1, -0.05) is 13.3 Å². The maximum absolute atomic E-state index is 13.5. The molecule has 106 valence electrons. The second-order valence-electron chi connectivity index (χ2n) is 4.08. The van der Waals surface area contributed by atoms with Crippen molar-refractivity contribution in [1.29, 1.82) is 0 Å². The van der Waals surface area contributed by atoms with Crippen molar-refractivity contribution in [3.63, 3.8) is 0 Å². The van der Waals surface area contributed by atoms with E-state index in [0.717, 1.165) is 25.0 Å². The highest BCUT2D eigenvalue weighted by atomic mass is 19.1. The normalized spacial score (nSPS) is 10.5. The number of nitrogens with one attached hydrogen (secondary N) is 1. The van der Waals surface area contributed by atoms with Crippen LogP contribution in [0.4, 0.5) is 14.5 Å². The van der Waals surface area contributed by atoms with Crippen molar-refractivity contribution < 1.29 is 18.3 Å². The van der Waals surface area contributed by atoms with E-state index in [1.54, 1.807) is 0 Å². The number of hydrogen-bond acceptors (Lipinski definition) is 3. The first-order valence-corrected chi connectivity index (χ1v) is 6.16. The molecule has 1 amide bonds. The van der Waals surface area contributed by atoms with Crippen LogP contribution in [0.15, 0.2) is 12.1 Å². The van der Waals surface area contributed by atoms with Gasteiger partial charge >= 0.3 is 0 Å². The van der Waals surface area contributed by atoms with Crippen molar-refractivity contribution in [1.82, 2.24) is 5.32 Å². The van der Waals surface area contributed by atoms with Gasteiger partial charge in [-0.25, -0.2) is 8.78 Å². The van der Waals surface area contributed by atoms with Crippen molar-refractivity contribution in [2.24, 2.45) is 0 Å². The van der Waals surface area contributed by atoms with Crippen LogP contribution in [0.1, 0.15) is 30.1 Å². The van der Waals surface area contributed by atoms with Crippen LogP contribution in [0, 0.1) is 11.6 Å². The number of hydrogen-bond donors (Lipinski definition) is 2. The van der Waals surface area contributed by atoms with Crippen LogP contribution in [0.5, 0.6) is 0 Å². The SMILES string of the molecule is CCCCOCCNC(=O)c1cc(F)cc(N)c1F. The second kappa shape index (κ2) is 7.68. The van der Waals surface area contributed by atoms with Gasteiger partial charge in [-0.05, 0) is 18.6 Å². The topological polar surface area (TPSA) is 64.3 Å². The molecule has 6 heteroatoms. The molecule has 0 aliphatic heterocycles. The molecular weight excluding hydrogens is 254 g/mol. The van der Waals surface area contributed by atoms with Crippen LogP contribution < -0.4 is 11.1 Å². The van der Waals surface area contributed by atoms with Crippen molar-refractivity contribution in [3.05, 3.63) is 29.3 Å². The van der Waals surface area contributed by atoms with E-state index in [1.807, 2.05) is 6.92 Å². The summed E-state index contributed by atoms with van der Waals surface area (Å²) in [5, 5.41) is 2.44. The first-order chi connectivity index (χ1) is 9.06. The Hall–Kier alpha value is -1.69. The summed E-state index contributed by atoms with van der Waals surface area (Å²) in [5.41, 5.74) is 4.47.